The van der Waals surface area contributed by atoms with E-state index in [1.54, 1.807) is 11.0 Å². The lowest BCUT2D eigenvalue weighted by atomic mass is 9.98. The van der Waals surface area contributed by atoms with Gasteiger partial charge in [-0.15, -0.1) is 5.10 Å². The van der Waals surface area contributed by atoms with E-state index in [1.165, 1.54) is 0 Å². The molecule has 6 nitrogen and oxygen atoms in total. The molecule has 4 rings (SSSR count). The van der Waals surface area contributed by atoms with Crippen molar-refractivity contribution in [2.75, 3.05) is 18.0 Å². The maximum atomic E-state index is 6.60. The highest BCUT2D eigenvalue weighted by atomic mass is 35.5. The highest BCUT2D eigenvalue weighted by Gasteiger charge is 2.23. The first-order valence-corrected chi connectivity index (χ1v) is 9.28. The highest BCUT2D eigenvalue weighted by molar-refractivity contribution is 6.34. The van der Waals surface area contributed by atoms with Crippen molar-refractivity contribution in [2.45, 2.75) is 13.8 Å². The molecule has 4 aromatic rings. The number of halogens is 1. The summed E-state index contributed by atoms with van der Waals surface area (Å²) in [5, 5.41) is 13.5. The van der Waals surface area contributed by atoms with Gasteiger partial charge in [-0.1, -0.05) is 48.0 Å². The number of hydrogen-bond acceptors (Lipinski definition) is 5. The molecule has 0 bridgehead atoms. The summed E-state index contributed by atoms with van der Waals surface area (Å²) in [5.41, 5.74) is 3.64. The van der Waals surface area contributed by atoms with Crippen molar-refractivity contribution < 1.29 is 0 Å². The largest absolute Gasteiger partial charge is 0.355 e. The fourth-order valence-corrected chi connectivity index (χ4v) is 3.58. The average molecular weight is 379 g/mol. The van der Waals surface area contributed by atoms with Crippen molar-refractivity contribution in [3.05, 3.63) is 59.9 Å². The first-order chi connectivity index (χ1) is 13.2. The van der Waals surface area contributed by atoms with Crippen LogP contribution in [0.25, 0.3) is 27.7 Å². The molecule has 136 valence electrons. The smallest absolute Gasteiger partial charge is 0.156 e. The Labute approximate surface area is 162 Å². The van der Waals surface area contributed by atoms with Gasteiger partial charge in [0.25, 0.3) is 0 Å². The van der Waals surface area contributed by atoms with Gasteiger partial charge in [-0.2, -0.15) is 4.68 Å². The summed E-state index contributed by atoms with van der Waals surface area (Å²) < 4.78 is 1.67. The van der Waals surface area contributed by atoms with Gasteiger partial charge in [0.05, 0.1) is 5.52 Å². The molecule has 27 heavy (non-hydrogen) atoms. The molecule has 0 unspecified atom stereocenters. The summed E-state index contributed by atoms with van der Waals surface area (Å²) >= 11 is 6.60. The molecule has 0 amide bonds. The molecule has 0 atom stereocenters. The summed E-state index contributed by atoms with van der Waals surface area (Å²) in [6.07, 6.45) is 1.60. The Morgan fingerprint density at radius 2 is 1.74 bits per heavy atom. The Morgan fingerprint density at radius 1 is 1.00 bits per heavy atom. The average Bonchev–Trinajstić information content (AvgIpc) is 3.23. The first kappa shape index (κ1) is 17.4. The van der Waals surface area contributed by atoms with E-state index in [2.05, 4.69) is 40.3 Å². The maximum Gasteiger partial charge on any atom is 0.156 e. The molecule has 7 heteroatoms. The topological polar surface area (TPSA) is 59.7 Å². The third-order valence-corrected chi connectivity index (χ3v) is 4.96. The number of hydrogen-bond donors (Lipinski definition) is 0. The summed E-state index contributed by atoms with van der Waals surface area (Å²) in [6, 6.07) is 15.9. The van der Waals surface area contributed by atoms with Crippen molar-refractivity contribution in [1.29, 1.82) is 0 Å². The van der Waals surface area contributed by atoms with Crippen LogP contribution in [0, 0.1) is 0 Å². The lowest BCUT2D eigenvalue weighted by Crippen LogP contribution is -2.25. The maximum absolute atomic E-state index is 6.60. The Balaban J connectivity index is 2.19. The molecule has 2 heterocycles. The van der Waals surface area contributed by atoms with Crippen LogP contribution in [0.2, 0.25) is 5.02 Å². The second-order valence-electron chi connectivity index (χ2n) is 6.08. The van der Waals surface area contributed by atoms with Gasteiger partial charge in [-0.3, -0.25) is 0 Å². The van der Waals surface area contributed by atoms with E-state index in [0.29, 0.717) is 5.02 Å². The van der Waals surface area contributed by atoms with E-state index in [-0.39, 0.29) is 0 Å². The van der Waals surface area contributed by atoms with Crippen molar-refractivity contribution in [1.82, 2.24) is 25.2 Å². The molecule has 0 saturated carbocycles. The van der Waals surface area contributed by atoms with Crippen LogP contribution in [0.4, 0.5) is 5.82 Å². The van der Waals surface area contributed by atoms with Gasteiger partial charge >= 0.3 is 0 Å². The predicted octanol–water partition coefficient (Wildman–Crippen LogP) is 4.38. The van der Waals surface area contributed by atoms with Gasteiger partial charge in [0.2, 0.25) is 0 Å². The third kappa shape index (κ3) is 3.02. The molecule has 0 spiro atoms. The van der Waals surface area contributed by atoms with Crippen LogP contribution < -0.4 is 4.90 Å². The predicted molar refractivity (Wildman–Crippen MR) is 108 cm³/mol. The summed E-state index contributed by atoms with van der Waals surface area (Å²) in [6.45, 7) is 5.86. The molecule has 0 aliphatic carbocycles. The SMILES string of the molecule is CCN(CC)c1nc2ccccc2c(-c2ccccc2Cl)c1-n1cnnn1. The Kier molecular flexibility index (Phi) is 4.73. The zero-order valence-corrected chi connectivity index (χ0v) is 15.9. The fraction of sp³-hybridized carbons (Fsp3) is 0.200. The number of nitrogens with zero attached hydrogens (tertiary/aromatic N) is 6. The normalized spacial score (nSPS) is 11.1. The quantitative estimate of drug-likeness (QED) is 0.516. The van der Waals surface area contributed by atoms with Crippen LogP contribution >= 0.6 is 11.6 Å². The van der Waals surface area contributed by atoms with Crippen molar-refractivity contribution >= 4 is 28.3 Å². The van der Waals surface area contributed by atoms with Gasteiger partial charge in [0.15, 0.2) is 5.82 Å². The van der Waals surface area contributed by atoms with Gasteiger partial charge in [-0.25, -0.2) is 4.98 Å². The molecule has 0 radical (unpaired) electrons. The molecular weight excluding hydrogens is 360 g/mol. The standard InChI is InChI=1S/C20H19ClN6/c1-3-26(4-2)20-19(27-13-22-24-25-27)18(14-9-5-7-11-16(14)21)15-10-6-8-12-17(15)23-20/h5-13H,3-4H2,1-2H3. The van der Waals surface area contributed by atoms with E-state index in [1.807, 2.05) is 42.5 Å². The number of anilines is 1. The number of aromatic nitrogens is 5. The minimum atomic E-state index is 0.675. The third-order valence-electron chi connectivity index (χ3n) is 4.63. The minimum Gasteiger partial charge on any atom is -0.355 e. The number of rotatable bonds is 5. The highest BCUT2D eigenvalue weighted by Crippen LogP contribution is 2.41. The van der Waals surface area contributed by atoms with Crippen molar-refractivity contribution in [2.24, 2.45) is 0 Å². The lowest BCUT2D eigenvalue weighted by Gasteiger charge is -2.25. The zero-order chi connectivity index (χ0) is 18.8. The van der Waals surface area contributed by atoms with Crippen LogP contribution in [0.5, 0.6) is 0 Å². The lowest BCUT2D eigenvalue weighted by molar-refractivity contribution is 0.773. The second-order valence-corrected chi connectivity index (χ2v) is 6.49. The van der Waals surface area contributed by atoms with E-state index in [0.717, 1.165) is 46.6 Å². The monoisotopic (exact) mass is 378 g/mol. The van der Waals surface area contributed by atoms with E-state index < -0.39 is 0 Å². The van der Waals surface area contributed by atoms with Crippen LogP contribution in [0.1, 0.15) is 13.8 Å². The van der Waals surface area contributed by atoms with E-state index in [4.69, 9.17) is 16.6 Å². The van der Waals surface area contributed by atoms with Gasteiger partial charge in [-0.05, 0) is 36.4 Å². The van der Waals surface area contributed by atoms with Gasteiger partial charge in [0.1, 0.15) is 12.0 Å². The van der Waals surface area contributed by atoms with Gasteiger partial charge in [0, 0.05) is 34.6 Å². The molecule has 0 N–H and O–H groups in total. The first-order valence-electron chi connectivity index (χ1n) is 8.90. The van der Waals surface area contributed by atoms with Crippen LogP contribution in [0.3, 0.4) is 0 Å². The second kappa shape index (κ2) is 7.32. The Bertz CT molecular complexity index is 1070. The molecule has 0 saturated heterocycles. The number of tetrazole rings is 1. The van der Waals surface area contributed by atoms with E-state index in [9.17, 15) is 0 Å². The van der Waals surface area contributed by atoms with Crippen molar-refractivity contribution in [3.8, 4) is 16.8 Å². The zero-order valence-electron chi connectivity index (χ0n) is 15.2. The number of fused-ring (bicyclic) bond motifs is 1. The van der Waals surface area contributed by atoms with Crippen LogP contribution in [0.15, 0.2) is 54.9 Å². The Morgan fingerprint density at radius 3 is 2.44 bits per heavy atom. The summed E-state index contributed by atoms with van der Waals surface area (Å²) in [7, 11) is 0. The molecule has 2 aromatic heterocycles. The van der Waals surface area contributed by atoms with E-state index >= 15 is 0 Å². The number of para-hydroxylation sites is 1. The fourth-order valence-electron chi connectivity index (χ4n) is 3.35. The summed E-state index contributed by atoms with van der Waals surface area (Å²) in [4.78, 5) is 7.15. The molecule has 2 aromatic carbocycles. The van der Waals surface area contributed by atoms with Crippen LogP contribution in [-0.2, 0) is 0 Å². The summed E-state index contributed by atoms with van der Waals surface area (Å²) in [5.74, 6) is 0.834. The van der Waals surface area contributed by atoms with Gasteiger partial charge < -0.3 is 4.90 Å². The minimum absolute atomic E-state index is 0.675. The molecule has 0 aliphatic heterocycles. The molecular formula is C20H19ClN6. The molecule has 0 aliphatic rings. The Hall–Kier alpha value is -2.99. The van der Waals surface area contributed by atoms with Crippen LogP contribution in [-0.4, -0.2) is 38.3 Å². The molecule has 0 fully saturated rings. The number of benzene rings is 2. The number of pyridine rings is 1. The van der Waals surface area contributed by atoms with Crippen molar-refractivity contribution in [3.63, 3.8) is 0 Å².